The van der Waals surface area contributed by atoms with Gasteiger partial charge in [-0.2, -0.15) is 13.2 Å². The lowest BCUT2D eigenvalue weighted by Crippen LogP contribution is -2.06. The Morgan fingerprint density at radius 2 is 1.74 bits per heavy atom. The van der Waals surface area contributed by atoms with Crippen LogP contribution in [0.1, 0.15) is 11.5 Å². The van der Waals surface area contributed by atoms with Crippen LogP contribution in [0.3, 0.4) is 0 Å². The van der Waals surface area contributed by atoms with Gasteiger partial charge in [-0.1, -0.05) is 34.8 Å². The Morgan fingerprint density at radius 3 is 2.41 bits per heavy atom. The Bertz CT molecular complexity index is 995. The molecule has 3 rings (SSSR count). The summed E-state index contributed by atoms with van der Waals surface area (Å²) in [5.74, 6) is -1.14. The third kappa shape index (κ3) is 4.42. The second kappa shape index (κ2) is 7.49. The first-order chi connectivity index (χ1) is 12.6. The normalized spacial score (nSPS) is 11.7. The molecule has 0 aliphatic rings. The summed E-state index contributed by atoms with van der Waals surface area (Å²) in [6.45, 7) is -0.335. The Hall–Kier alpha value is -2.10. The molecule has 0 saturated carbocycles. The van der Waals surface area contributed by atoms with Crippen LogP contribution < -0.4 is 4.74 Å². The molecular weight excluding hydrogens is 437 g/mol. The van der Waals surface area contributed by atoms with E-state index >= 15 is 0 Å². The van der Waals surface area contributed by atoms with Crippen LogP contribution in [0.5, 0.6) is 5.88 Å². The fourth-order valence-corrected chi connectivity index (χ4v) is 2.61. The highest BCUT2D eigenvalue weighted by atomic mass is 35.5. The molecule has 1 aromatic carbocycles. The van der Waals surface area contributed by atoms with Gasteiger partial charge in [-0.3, -0.25) is 0 Å². The van der Waals surface area contributed by atoms with Gasteiger partial charge < -0.3 is 9.15 Å². The summed E-state index contributed by atoms with van der Waals surface area (Å²) < 4.78 is 61.8. The highest BCUT2D eigenvalue weighted by Gasteiger charge is 2.31. The van der Waals surface area contributed by atoms with Gasteiger partial charge in [-0.15, -0.1) is 10.2 Å². The maximum atomic E-state index is 13.6. The molecule has 5 nitrogen and oxygen atoms in total. The molecule has 0 radical (unpaired) electrons. The zero-order valence-electron chi connectivity index (χ0n) is 12.8. The van der Waals surface area contributed by atoms with Crippen molar-refractivity contribution in [2.24, 2.45) is 0 Å². The Balaban J connectivity index is 1.75. The van der Waals surface area contributed by atoms with Gasteiger partial charge in [-0.25, -0.2) is 9.37 Å². The molecule has 0 spiro atoms. The van der Waals surface area contributed by atoms with Gasteiger partial charge in [0.05, 0.1) is 21.2 Å². The zero-order chi connectivity index (χ0) is 19.8. The van der Waals surface area contributed by atoms with E-state index in [-0.39, 0.29) is 44.9 Å². The van der Waals surface area contributed by atoms with Crippen molar-refractivity contribution in [3.63, 3.8) is 0 Å². The van der Waals surface area contributed by atoms with Crippen molar-refractivity contribution in [1.82, 2.24) is 15.2 Å². The number of aromatic nitrogens is 3. The first-order valence-electron chi connectivity index (χ1n) is 6.98. The second-order valence-corrected chi connectivity index (χ2v) is 6.27. The van der Waals surface area contributed by atoms with E-state index in [4.69, 9.17) is 44.0 Å². The largest absolute Gasteiger partial charge is 0.467 e. The fourth-order valence-electron chi connectivity index (χ4n) is 1.92. The van der Waals surface area contributed by atoms with Crippen molar-refractivity contribution in [3.05, 3.63) is 56.7 Å². The third-order valence-electron chi connectivity index (χ3n) is 3.17. The summed E-state index contributed by atoms with van der Waals surface area (Å²) in [5, 5.41) is 6.96. The van der Waals surface area contributed by atoms with Crippen LogP contribution in [0.2, 0.25) is 15.1 Å². The van der Waals surface area contributed by atoms with Crippen molar-refractivity contribution in [3.8, 4) is 17.3 Å². The van der Waals surface area contributed by atoms with E-state index in [1.807, 2.05) is 0 Å². The number of hydrogen-bond acceptors (Lipinski definition) is 5. The van der Waals surface area contributed by atoms with E-state index in [0.717, 1.165) is 6.07 Å². The van der Waals surface area contributed by atoms with Gasteiger partial charge >= 0.3 is 6.18 Å². The minimum Gasteiger partial charge on any atom is -0.467 e. The van der Waals surface area contributed by atoms with Gasteiger partial charge in [0.2, 0.25) is 11.8 Å². The molecule has 0 bridgehead atoms. The number of pyridine rings is 1. The van der Waals surface area contributed by atoms with E-state index in [1.165, 1.54) is 6.07 Å². The number of alkyl halides is 3. The van der Waals surface area contributed by atoms with Crippen molar-refractivity contribution in [2.45, 2.75) is 12.8 Å². The van der Waals surface area contributed by atoms with Crippen molar-refractivity contribution in [1.29, 1.82) is 0 Å². The van der Waals surface area contributed by atoms with Gasteiger partial charge in [0.1, 0.15) is 10.8 Å². The Labute approximate surface area is 163 Å². The molecule has 0 N–H and O–H groups in total. The highest BCUT2D eigenvalue weighted by molar-refractivity contribution is 6.36. The second-order valence-electron chi connectivity index (χ2n) is 5.04. The lowest BCUT2D eigenvalue weighted by molar-refractivity contribution is -0.137. The summed E-state index contributed by atoms with van der Waals surface area (Å²) in [7, 11) is 0. The average Bonchev–Trinajstić information content (AvgIpc) is 3.05. The lowest BCUT2D eigenvalue weighted by atomic mass is 10.2. The topological polar surface area (TPSA) is 61.0 Å². The van der Waals surface area contributed by atoms with E-state index in [9.17, 15) is 17.6 Å². The minimum absolute atomic E-state index is 0.0609. The number of nitrogens with zero attached hydrogens (tertiary/aromatic N) is 3. The van der Waals surface area contributed by atoms with Crippen LogP contribution in [-0.2, 0) is 12.8 Å². The Morgan fingerprint density at radius 1 is 1.00 bits per heavy atom. The molecular formula is C15H6Cl3F4N3O2. The lowest BCUT2D eigenvalue weighted by Gasteiger charge is -2.09. The molecule has 2 heterocycles. The standard InChI is InChI=1S/C15H6Cl3F4N3O2/c16-8-3-9(17)11(19)2-7(8)13-25-24-12(27-13)5-26-14-10(18)1-6(4-23-14)15(20,21)22/h1-4H,5H2. The molecule has 0 atom stereocenters. The van der Waals surface area contributed by atoms with E-state index in [1.54, 1.807) is 0 Å². The molecule has 27 heavy (non-hydrogen) atoms. The predicted molar refractivity (Wildman–Crippen MR) is 88.3 cm³/mol. The van der Waals surface area contributed by atoms with E-state index in [0.29, 0.717) is 12.3 Å². The molecule has 12 heteroatoms. The van der Waals surface area contributed by atoms with E-state index < -0.39 is 17.6 Å². The molecule has 142 valence electrons. The molecule has 2 aromatic heterocycles. The third-order valence-corrected chi connectivity index (χ3v) is 4.05. The van der Waals surface area contributed by atoms with E-state index in [2.05, 4.69) is 15.2 Å². The first-order valence-corrected chi connectivity index (χ1v) is 8.11. The van der Waals surface area contributed by atoms with Crippen LogP contribution in [0.4, 0.5) is 17.6 Å². The van der Waals surface area contributed by atoms with Crippen molar-refractivity contribution < 1.29 is 26.7 Å². The number of ether oxygens (including phenoxy) is 1. The predicted octanol–water partition coefficient (Wildman–Crippen LogP) is 5.83. The molecule has 0 unspecified atom stereocenters. The highest BCUT2D eigenvalue weighted by Crippen LogP contribution is 2.34. The fraction of sp³-hybridized carbons (Fsp3) is 0.133. The summed E-state index contributed by atoms with van der Waals surface area (Å²) in [4.78, 5) is 3.51. The summed E-state index contributed by atoms with van der Waals surface area (Å²) in [5.41, 5.74) is -0.901. The molecule has 0 aliphatic heterocycles. The summed E-state index contributed by atoms with van der Waals surface area (Å²) in [6.07, 6.45) is -4.00. The number of benzene rings is 1. The zero-order valence-corrected chi connectivity index (χ0v) is 15.1. The van der Waals surface area contributed by atoms with Gasteiger partial charge in [0.15, 0.2) is 6.61 Å². The molecule has 0 aliphatic carbocycles. The first kappa shape index (κ1) is 19.7. The van der Waals surface area contributed by atoms with Crippen LogP contribution in [0, 0.1) is 5.82 Å². The number of halogens is 7. The minimum atomic E-state index is -4.58. The van der Waals surface area contributed by atoms with Crippen molar-refractivity contribution >= 4 is 34.8 Å². The average molecular weight is 443 g/mol. The molecule has 3 aromatic rings. The smallest absolute Gasteiger partial charge is 0.417 e. The number of hydrogen-bond donors (Lipinski definition) is 0. The Kier molecular flexibility index (Phi) is 5.45. The van der Waals surface area contributed by atoms with Crippen molar-refractivity contribution in [2.75, 3.05) is 0 Å². The maximum Gasteiger partial charge on any atom is 0.417 e. The monoisotopic (exact) mass is 441 g/mol. The summed E-state index contributed by atoms with van der Waals surface area (Å²) >= 11 is 17.3. The molecule has 0 saturated heterocycles. The van der Waals surface area contributed by atoms with Crippen LogP contribution >= 0.6 is 34.8 Å². The van der Waals surface area contributed by atoms with Gasteiger partial charge in [-0.05, 0) is 18.2 Å². The number of rotatable bonds is 4. The quantitative estimate of drug-likeness (QED) is 0.376. The maximum absolute atomic E-state index is 13.6. The van der Waals surface area contributed by atoms with Crippen LogP contribution in [-0.4, -0.2) is 15.2 Å². The van der Waals surface area contributed by atoms with Gasteiger partial charge in [0.25, 0.3) is 5.89 Å². The van der Waals surface area contributed by atoms with Crippen LogP contribution in [0.25, 0.3) is 11.5 Å². The van der Waals surface area contributed by atoms with Crippen LogP contribution in [0.15, 0.2) is 28.8 Å². The molecule has 0 fully saturated rings. The van der Waals surface area contributed by atoms with Gasteiger partial charge in [0, 0.05) is 6.20 Å². The molecule has 0 amide bonds. The SMILES string of the molecule is Fc1cc(-c2nnc(COc3ncc(C(F)(F)F)cc3Cl)o2)c(Cl)cc1Cl. The summed E-state index contributed by atoms with van der Waals surface area (Å²) in [6, 6.07) is 2.89.